The number of rotatable bonds is 4. The van der Waals surface area contributed by atoms with Crippen molar-refractivity contribution >= 4 is 22.8 Å². The van der Waals surface area contributed by atoms with Gasteiger partial charge in [0, 0.05) is 31.6 Å². The fourth-order valence-corrected chi connectivity index (χ4v) is 4.47. The number of hydrogen-bond acceptors (Lipinski definition) is 6. The lowest BCUT2D eigenvalue weighted by molar-refractivity contribution is -0.141. The van der Waals surface area contributed by atoms with Crippen molar-refractivity contribution in [3.05, 3.63) is 36.3 Å². The fourth-order valence-electron chi connectivity index (χ4n) is 4.47. The van der Waals surface area contributed by atoms with Crippen molar-refractivity contribution in [1.29, 1.82) is 0 Å². The molecule has 2 aliphatic heterocycles. The van der Waals surface area contributed by atoms with E-state index in [1.165, 1.54) is 12.3 Å². The molecule has 2 aliphatic rings. The lowest BCUT2D eigenvalue weighted by atomic mass is 9.72. The van der Waals surface area contributed by atoms with Crippen LogP contribution in [0.4, 0.5) is 33.6 Å². The Labute approximate surface area is 179 Å². The second-order valence-corrected chi connectivity index (χ2v) is 8.38. The molecule has 5 heterocycles. The van der Waals surface area contributed by atoms with E-state index in [-0.39, 0.29) is 5.41 Å². The minimum absolute atomic E-state index is 0.0536. The first-order chi connectivity index (χ1) is 15.2. The van der Waals surface area contributed by atoms with Crippen LogP contribution in [0.2, 0.25) is 0 Å². The number of aromatic nitrogens is 5. The molecule has 3 aromatic heterocycles. The SMILES string of the molecule is FC(F)Cn1ncc2ncc(N3CC4(CCN(c5cccc(C(F)(F)F)n5)CC4)C3)nc21. The van der Waals surface area contributed by atoms with Crippen LogP contribution in [0.15, 0.2) is 30.6 Å². The molecule has 12 heteroatoms. The molecule has 0 aliphatic carbocycles. The topological polar surface area (TPSA) is 63.0 Å². The summed E-state index contributed by atoms with van der Waals surface area (Å²) in [6, 6.07) is 3.96. The first-order valence-electron chi connectivity index (χ1n) is 10.2. The lowest BCUT2D eigenvalue weighted by Gasteiger charge is -2.54. The smallest absolute Gasteiger partial charge is 0.357 e. The molecule has 5 rings (SSSR count). The van der Waals surface area contributed by atoms with Gasteiger partial charge in [0.05, 0.1) is 12.4 Å². The van der Waals surface area contributed by atoms with Crippen molar-refractivity contribution in [3.63, 3.8) is 0 Å². The number of anilines is 2. The second-order valence-electron chi connectivity index (χ2n) is 8.38. The molecule has 0 aromatic carbocycles. The van der Waals surface area contributed by atoms with Gasteiger partial charge in [0.2, 0.25) is 0 Å². The average Bonchev–Trinajstić information content (AvgIpc) is 3.13. The van der Waals surface area contributed by atoms with Crippen molar-refractivity contribution in [2.45, 2.75) is 32.0 Å². The van der Waals surface area contributed by atoms with Gasteiger partial charge in [-0.15, -0.1) is 0 Å². The van der Waals surface area contributed by atoms with Crippen molar-refractivity contribution in [3.8, 4) is 0 Å². The summed E-state index contributed by atoms with van der Waals surface area (Å²) < 4.78 is 65.5. The van der Waals surface area contributed by atoms with Crippen molar-refractivity contribution in [1.82, 2.24) is 24.7 Å². The van der Waals surface area contributed by atoms with Crippen molar-refractivity contribution in [2.75, 3.05) is 36.0 Å². The van der Waals surface area contributed by atoms with E-state index < -0.39 is 24.8 Å². The van der Waals surface area contributed by atoms with Gasteiger partial charge in [0.15, 0.2) is 5.65 Å². The zero-order valence-electron chi connectivity index (χ0n) is 16.9. The number of alkyl halides is 5. The largest absolute Gasteiger partial charge is 0.433 e. The summed E-state index contributed by atoms with van der Waals surface area (Å²) in [5, 5.41) is 3.93. The van der Waals surface area contributed by atoms with E-state index in [0.717, 1.165) is 36.7 Å². The summed E-state index contributed by atoms with van der Waals surface area (Å²) in [5.41, 5.74) is -0.0382. The summed E-state index contributed by atoms with van der Waals surface area (Å²) in [7, 11) is 0. The third-order valence-corrected chi connectivity index (χ3v) is 6.19. The Morgan fingerprint density at radius 3 is 2.41 bits per heavy atom. The highest BCUT2D eigenvalue weighted by Gasteiger charge is 2.46. The van der Waals surface area contributed by atoms with Crippen LogP contribution in [-0.2, 0) is 12.7 Å². The van der Waals surface area contributed by atoms with E-state index >= 15 is 0 Å². The number of hydrogen-bond donors (Lipinski definition) is 0. The van der Waals surface area contributed by atoms with E-state index in [0.29, 0.717) is 35.9 Å². The van der Waals surface area contributed by atoms with Crippen LogP contribution < -0.4 is 9.80 Å². The second kappa shape index (κ2) is 7.52. The van der Waals surface area contributed by atoms with Crippen LogP contribution in [0.1, 0.15) is 18.5 Å². The van der Waals surface area contributed by atoms with Gasteiger partial charge in [0.25, 0.3) is 6.43 Å². The fraction of sp³-hybridized carbons (Fsp3) is 0.500. The maximum Gasteiger partial charge on any atom is 0.433 e. The van der Waals surface area contributed by atoms with Crippen LogP contribution in [-0.4, -0.2) is 57.3 Å². The molecule has 7 nitrogen and oxygen atoms in total. The predicted molar refractivity (Wildman–Crippen MR) is 107 cm³/mol. The van der Waals surface area contributed by atoms with Crippen LogP contribution in [0.25, 0.3) is 11.2 Å². The Balaban J connectivity index is 1.24. The summed E-state index contributed by atoms with van der Waals surface area (Å²) in [5.74, 6) is 0.954. The summed E-state index contributed by atoms with van der Waals surface area (Å²) in [6.07, 6.45) is -2.32. The van der Waals surface area contributed by atoms with Gasteiger partial charge < -0.3 is 9.80 Å². The van der Waals surface area contributed by atoms with Gasteiger partial charge in [-0.2, -0.15) is 18.3 Å². The molecular formula is C20H20F5N7. The lowest BCUT2D eigenvalue weighted by Crippen LogP contribution is -2.61. The van der Waals surface area contributed by atoms with E-state index in [9.17, 15) is 22.0 Å². The molecule has 0 atom stereocenters. The Hall–Kier alpha value is -3.05. The zero-order chi connectivity index (χ0) is 22.5. The quantitative estimate of drug-likeness (QED) is 0.563. The van der Waals surface area contributed by atoms with E-state index in [1.807, 2.05) is 9.80 Å². The summed E-state index contributed by atoms with van der Waals surface area (Å²) in [4.78, 5) is 16.5. The number of pyridine rings is 1. The maximum atomic E-state index is 12.9. The van der Waals surface area contributed by atoms with E-state index in [1.54, 1.807) is 12.3 Å². The Morgan fingerprint density at radius 2 is 1.72 bits per heavy atom. The normalized spacial score (nSPS) is 18.6. The van der Waals surface area contributed by atoms with Gasteiger partial charge in [-0.1, -0.05) is 6.07 Å². The van der Waals surface area contributed by atoms with Crippen LogP contribution >= 0.6 is 0 Å². The first-order valence-corrected chi connectivity index (χ1v) is 10.2. The number of fused-ring (bicyclic) bond motifs is 1. The summed E-state index contributed by atoms with van der Waals surface area (Å²) >= 11 is 0. The molecule has 3 aromatic rings. The van der Waals surface area contributed by atoms with Crippen molar-refractivity contribution in [2.24, 2.45) is 5.41 Å². The molecule has 0 amide bonds. The Bertz CT molecular complexity index is 1110. The van der Waals surface area contributed by atoms with E-state index in [2.05, 4.69) is 20.1 Å². The minimum atomic E-state index is -4.46. The maximum absolute atomic E-state index is 12.9. The molecule has 0 unspecified atom stereocenters. The monoisotopic (exact) mass is 453 g/mol. The highest BCUT2D eigenvalue weighted by atomic mass is 19.4. The third kappa shape index (κ3) is 3.82. The van der Waals surface area contributed by atoms with Crippen LogP contribution in [0, 0.1) is 5.41 Å². The summed E-state index contributed by atoms with van der Waals surface area (Å²) in [6.45, 7) is 2.17. The minimum Gasteiger partial charge on any atom is -0.357 e. The third-order valence-electron chi connectivity index (χ3n) is 6.19. The van der Waals surface area contributed by atoms with E-state index in [4.69, 9.17) is 0 Å². The van der Waals surface area contributed by atoms with Gasteiger partial charge in [-0.25, -0.2) is 28.4 Å². The molecule has 0 N–H and O–H groups in total. The molecule has 0 radical (unpaired) electrons. The highest BCUT2D eigenvalue weighted by molar-refractivity contribution is 5.71. The molecule has 1 spiro atoms. The molecule has 0 saturated carbocycles. The highest BCUT2D eigenvalue weighted by Crippen LogP contribution is 2.43. The van der Waals surface area contributed by atoms with Gasteiger partial charge >= 0.3 is 6.18 Å². The molecule has 170 valence electrons. The molecule has 2 fully saturated rings. The molecule has 2 saturated heterocycles. The van der Waals surface area contributed by atoms with Gasteiger partial charge in [-0.05, 0) is 25.0 Å². The Morgan fingerprint density at radius 1 is 0.969 bits per heavy atom. The van der Waals surface area contributed by atoms with Gasteiger partial charge in [-0.3, -0.25) is 0 Å². The first kappa shape index (κ1) is 20.8. The molecule has 32 heavy (non-hydrogen) atoms. The van der Waals surface area contributed by atoms with Crippen LogP contribution in [0.5, 0.6) is 0 Å². The standard InChI is InChI=1S/C20H20F5N7/c21-15(22)10-32-18-13(8-27-32)26-9-17(29-18)31-11-19(12-31)4-6-30(7-5-19)16-3-1-2-14(28-16)20(23,24)25/h1-3,8-9,15H,4-7,10-12H2. The van der Waals surface area contributed by atoms with Gasteiger partial charge in [0.1, 0.15) is 29.4 Å². The molecular weight excluding hydrogens is 433 g/mol. The van der Waals surface area contributed by atoms with Crippen molar-refractivity contribution < 1.29 is 22.0 Å². The molecule has 0 bridgehead atoms. The van der Waals surface area contributed by atoms with Crippen LogP contribution in [0.3, 0.4) is 0 Å². The average molecular weight is 453 g/mol. The predicted octanol–water partition coefficient (Wildman–Crippen LogP) is 3.61. The Kier molecular flexibility index (Phi) is 4.90. The number of nitrogens with zero attached hydrogens (tertiary/aromatic N) is 7. The zero-order valence-corrected chi connectivity index (χ0v) is 16.9. The number of halogens is 5. The number of piperidine rings is 1.